The molecule has 104 valence electrons. The Morgan fingerprint density at radius 1 is 1.25 bits per heavy atom. The Bertz CT molecular complexity index is 658. The average Bonchev–Trinajstić information content (AvgIpc) is 2.93. The molecule has 1 aromatic carbocycles. The van der Waals surface area contributed by atoms with Gasteiger partial charge < -0.3 is 14.9 Å². The van der Waals surface area contributed by atoms with Crippen LogP contribution < -0.4 is 20.7 Å². The standard InChI is InChI=1S/C14H16N4O2/c1-3-10-8(2)16-13(17-14(10)18-15)9-4-5-11-12(6-9)20-7-19-11/h4-6H,3,7,15H2,1-2H3,(H,16,17,18). The number of fused-ring (bicyclic) bond motifs is 1. The second-order valence-electron chi connectivity index (χ2n) is 4.53. The number of nitrogens with one attached hydrogen (secondary N) is 1. The smallest absolute Gasteiger partial charge is 0.231 e. The molecule has 0 radical (unpaired) electrons. The fourth-order valence-electron chi connectivity index (χ4n) is 2.30. The Morgan fingerprint density at radius 2 is 2.05 bits per heavy atom. The van der Waals surface area contributed by atoms with E-state index in [0.717, 1.165) is 29.0 Å². The Hall–Kier alpha value is -2.34. The monoisotopic (exact) mass is 272 g/mol. The number of nitrogen functional groups attached to an aromatic ring is 1. The van der Waals surface area contributed by atoms with Crippen LogP contribution in [0.15, 0.2) is 18.2 Å². The third kappa shape index (κ3) is 2.04. The van der Waals surface area contributed by atoms with E-state index in [1.54, 1.807) is 0 Å². The number of nitrogens with zero attached hydrogens (tertiary/aromatic N) is 2. The molecular formula is C14H16N4O2. The zero-order valence-electron chi connectivity index (χ0n) is 11.4. The fraction of sp³-hybridized carbons (Fsp3) is 0.286. The lowest BCUT2D eigenvalue weighted by molar-refractivity contribution is 0.174. The van der Waals surface area contributed by atoms with Crippen LogP contribution in [0.25, 0.3) is 11.4 Å². The van der Waals surface area contributed by atoms with Crippen molar-refractivity contribution < 1.29 is 9.47 Å². The Kier molecular flexibility index (Phi) is 3.15. The van der Waals surface area contributed by atoms with Gasteiger partial charge >= 0.3 is 0 Å². The number of ether oxygens (including phenoxy) is 2. The third-order valence-corrected chi connectivity index (χ3v) is 3.33. The zero-order valence-corrected chi connectivity index (χ0v) is 11.4. The molecule has 0 aliphatic carbocycles. The molecule has 0 saturated heterocycles. The largest absolute Gasteiger partial charge is 0.454 e. The SMILES string of the molecule is CCc1c(C)nc(-c2ccc3c(c2)OCO3)nc1NN. The van der Waals surface area contributed by atoms with Crippen molar-refractivity contribution in [2.24, 2.45) is 5.84 Å². The van der Waals surface area contributed by atoms with Crippen LogP contribution in [0.3, 0.4) is 0 Å². The molecule has 0 unspecified atom stereocenters. The number of aromatic nitrogens is 2. The van der Waals surface area contributed by atoms with Crippen molar-refractivity contribution in [3.05, 3.63) is 29.5 Å². The molecule has 1 aliphatic heterocycles. The first-order valence-corrected chi connectivity index (χ1v) is 6.47. The van der Waals surface area contributed by atoms with Crippen molar-refractivity contribution in [3.63, 3.8) is 0 Å². The van der Waals surface area contributed by atoms with E-state index in [4.69, 9.17) is 15.3 Å². The molecule has 0 fully saturated rings. The maximum Gasteiger partial charge on any atom is 0.231 e. The lowest BCUT2D eigenvalue weighted by atomic mass is 10.1. The highest BCUT2D eigenvalue weighted by atomic mass is 16.7. The van der Waals surface area contributed by atoms with Crippen LogP contribution in [-0.4, -0.2) is 16.8 Å². The first-order chi connectivity index (χ1) is 9.72. The van der Waals surface area contributed by atoms with Gasteiger partial charge in [0, 0.05) is 16.8 Å². The number of nitrogens with two attached hydrogens (primary N) is 1. The van der Waals surface area contributed by atoms with Crippen LogP contribution in [-0.2, 0) is 6.42 Å². The fourth-order valence-corrected chi connectivity index (χ4v) is 2.30. The zero-order chi connectivity index (χ0) is 14.1. The number of aryl methyl sites for hydroxylation is 1. The van der Waals surface area contributed by atoms with E-state index in [0.29, 0.717) is 17.4 Å². The molecule has 0 spiro atoms. The van der Waals surface area contributed by atoms with Crippen LogP contribution in [0.5, 0.6) is 11.5 Å². The molecule has 0 atom stereocenters. The number of hydrazine groups is 1. The Morgan fingerprint density at radius 3 is 2.80 bits per heavy atom. The number of rotatable bonds is 3. The third-order valence-electron chi connectivity index (χ3n) is 3.33. The predicted molar refractivity (Wildman–Crippen MR) is 75.5 cm³/mol. The highest BCUT2D eigenvalue weighted by Crippen LogP contribution is 2.35. The lowest BCUT2D eigenvalue weighted by Gasteiger charge is -2.11. The minimum atomic E-state index is 0.253. The highest BCUT2D eigenvalue weighted by molar-refractivity contribution is 5.64. The first kappa shape index (κ1) is 12.7. The number of anilines is 1. The van der Waals surface area contributed by atoms with E-state index in [1.807, 2.05) is 32.0 Å². The maximum absolute atomic E-state index is 5.55. The average molecular weight is 272 g/mol. The molecule has 2 heterocycles. The van der Waals surface area contributed by atoms with Gasteiger partial charge in [0.05, 0.1) is 0 Å². The van der Waals surface area contributed by atoms with Crippen molar-refractivity contribution in [2.75, 3.05) is 12.2 Å². The van der Waals surface area contributed by atoms with Crippen LogP contribution in [0.1, 0.15) is 18.2 Å². The van der Waals surface area contributed by atoms with E-state index in [9.17, 15) is 0 Å². The number of hydrogen-bond acceptors (Lipinski definition) is 6. The quantitative estimate of drug-likeness (QED) is 0.657. The van der Waals surface area contributed by atoms with Crippen molar-refractivity contribution >= 4 is 5.82 Å². The van der Waals surface area contributed by atoms with E-state index >= 15 is 0 Å². The van der Waals surface area contributed by atoms with Gasteiger partial charge in [-0.25, -0.2) is 15.8 Å². The van der Waals surface area contributed by atoms with Gasteiger partial charge in [-0.2, -0.15) is 0 Å². The second kappa shape index (κ2) is 4.97. The van der Waals surface area contributed by atoms with Gasteiger partial charge in [0.15, 0.2) is 17.3 Å². The molecular weight excluding hydrogens is 256 g/mol. The van der Waals surface area contributed by atoms with Gasteiger partial charge in [0.25, 0.3) is 0 Å². The number of hydrogen-bond donors (Lipinski definition) is 2. The highest BCUT2D eigenvalue weighted by Gasteiger charge is 2.16. The van der Waals surface area contributed by atoms with Crippen LogP contribution in [0.2, 0.25) is 0 Å². The summed E-state index contributed by atoms with van der Waals surface area (Å²) >= 11 is 0. The van der Waals surface area contributed by atoms with Crippen molar-refractivity contribution in [3.8, 4) is 22.9 Å². The lowest BCUT2D eigenvalue weighted by Crippen LogP contribution is -2.13. The molecule has 3 N–H and O–H groups in total. The Labute approximate surface area is 116 Å². The topological polar surface area (TPSA) is 82.3 Å². The van der Waals surface area contributed by atoms with E-state index in [2.05, 4.69) is 15.4 Å². The molecule has 3 rings (SSSR count). The van der Waals surface area contributed by atoms with Crippen molar-refractivity contribution in [1.29, 1.82) is 0 Å². The van der Waals surface area contributed by atoms with Gasteiger partial charge in [-0.3, -0.25) is 0 Å². The minimum Gasteiger partial charge on any atom is -0.454 e. The molecule has 2 aromatic rings. The predicted octanol–water partition coefficient (Wildman–Crippen LogP) is 2.03. The van der Waals surface area contributed by atoms with Crippen molar-refractivity contribution in [1.82, 2.24) is 9.97 Å². The van der Waals surface area contributed by atoms with E-state index in [1.165, 1.54) is 0 Å². The summed E-state index contributed by atoms with van der Waals surface area (Å²) < 4.78 is 10.7. The first-order valence-electron chi connectivity index (χ1n) is 6.47. The molecule has 20 heavy (non-hydrogen) atoms. The summed E-state index contributed by atoms with van der Waals surface area (Å²) in [5, 5.41) is 0. The van der Waals surface area contributed by atoms with E-state index < -0.39 is 0 Å². The molecule has 1 aliphatic rings. The van der Waals surface area contributed by atoms with Gasteiger partial charge in [-0.05, 0) is 31.5 Å². The van der Waals surface area contributed by atoms with Crippen LogP contribution in [0.4, 0.5) is 5.82 Å². The minimum absolute atomic E-state index is 0.253. The molecule has 0 amide bonds. The summed E-state index contributed by atoms with van der Waals surface area (Å²) in [7, 11) is 0. The maximum atomic E-state index is 5.55. The summed E-state index contributed by atoms with van der Waals surface area (Å²) in [4.78, 5) is 9.02. The number of benzene rings is 1. The van der Waals surface area contributed by atoms with Crippen LogP contribution >= 0.6 is 0 Å². The van der Waals surface area contributed by atoms with Gasteiger partial charge in [-0.1, -0.05) is 6.92 Å². The molecule has 6 nitrogen and oxygen atoms in total. The summed E-state index contributed by atoms with van der Waals surface area (Å²) in [6.45, 7) is 4.26. The second-order valence-corrected chi connectivity index (χ2v) is 4.53. The molecule has 6 heteroatoms. The molecule has 0 bridgehead atoms. The van der Waals surface area contributed by atoms with E-state index in [-0.39, 0.29) is 6.79 Å². The summed E-state index contributed by atoms with van der Waals surface area (Å²) in [5.74, 6) is 8.28. The molecule has 0 saturated carbocycles. The van der Waals surface area contributed by atoms with Crippen molar-refractivity contribution in [2.45, 2.75) is 20.3 Å². The summed E-state index contributed by atoms with van der Waals surface area (Å²) in [6, 6.07) is 5.65. The van der Waals surface area contributed by atoms with Gasteiger partial charge in [-0.15, -0.1) is 0 Å². The Balaban J connectivity index is 2.08. The summed E-state index contributed by atoms with van der Waals surface area (Å²) in [5.41, 5.74) is 5.46. The van der Waals surface area contributed by atoms with Gasteiger partial charge in [0.1, 0.15) is 5.82 Å². The van der Waals surface area contributed by atoms with Gasteiger partial charge in [0.2, 0.25) is 6.79 Å². The molecule has 1 aromatic heterocycles. The summed E-state index contributed by atoms with van der Waals surface area (Å²) in [6.07, 6.45) is 0.826. The van der Waals surface area contributed by atoms with Crippen LogP contribution in [0, 0.1) is 6.92 Å². The normalized spacial score (nSPS) is 12.6.